The number of rotatable bonds is 3. The average molecular weight is 313 g/mol. The van der Waals surface area contributed by atoms with E-state index < -0.39 is 12.0 Å². The number of hydrogen-bond acceptors (Lipinski definition) is 4. The summed E-state index contributed by atoms with van der Waals surface area (Å²) in [6.07, 6.45) is 3.44. The number of carbonyl (C=O) groups excluding carboxylic acids is 2. The topological polar surface area (TPSA) is 101 Å². The van der Waals surface area contributed by atoms with E-state index in [9.17, 15) is 9.59 Å². The number of nitrogens with one attached hydrogen (secondary N) is 3. The molecule has 23 heavy (non-hydrogen) atoms. The number of aromatic nitrogens is 3. The Hall–Kier alpha value is -3.29. The van der Waals surface area contributed by atoms with Gasteiger partial charge in [0, 0.05) is 42.1 Å². The molecule has 0 bridgehead atoms. The Morgan fingerprint density at radius 3 is 2.78 bits per heavy atom. The molecule has 2 amide bonds. The van der Waals surface area contributed by atoms with E-state index in [0.717, 1.165) is 10.9 Å². The third-order valence-electron chi connectivity index (χ3n) is 3.29. The minimum absolute atomic E-state index is 0.374. The molecule has 0 saturated carbocycles. The minimum atomic E-state index is -0.469. The number of aryl methyl sites for hydroxylation is 1. The average Bonchev–Trinajstić information content (AvgIpc) is 3.14. The maximum Gasteiger partial charge on any atom is 0.338 e. The van der Waals surface area contributed by atoms with Gasteiger partial charge in [0.2, 0.25) is 0 Å². The van der Waals surface area contributed by atoms with Crippen LogP contribution in [0.15, 0.2) is 36.7 Å². The van der Waals surface area contributed by atoms with E-state index in [-0.39, 0.29) is 0 Å². The second-order valence-electron chi connectivity index (χ2n) is 4.91. The van der Waals surface area contributed by atoms with E-state index in [1.54, 1.807) is 48.4 Å². The number of H-pyrrole nitrogens is 1. The summed E-state index contributed by atoms with van der Waals surface area (Å²) in [4.78, 5) is 26.9. The van der Waals surface area contributed by atoms with Gasteiger partial charge in [0.05, 0.1) is 12.7 Å². The summed E-state index contributed by atoms with van der Waals surface area (Å²) in [6, 6.07) is 6.30. The molecule has 0 spiro atoms. The first kappa shape index (κ1) is 14.6. The fourth-order valence-corrected chi connectivity index (χ4v) is 2.28. The molecule has 0 radical (unpaired) electrons. The Bertz CT molecular complexity index is 880. The number of hydrogen-bond donors (Lipinski definition) is 3. The van der Waals surface area contributed by atoms with Crippen molar-refractivity contribution in [2.45, 2.75) is 0 Å². The molecule has 118 valence electrons. The van der Waals surface area contributed by atoms with Crippen molar-refractivity contribution < 1.29 is 14.3 Å². The molecule has 2 heterocycles. The van der Waals surface area contributed by atoms with Gasteiger partial charge in [-0.05, 0) is 18.2 Å². The number of urea groups is 1. The number of aromatic amines is 1. The highest BCUT2D eigenvalue weighted by Gasteiger charge is 2.14. The molecule has 0 aliphatic heterocycles. The molecule has 0 aliphatic carbocycles. The smallest absolute Gasteiger partial charge is 0.338 e. The van der Waals surface area contributed by atoms with Gasteiger partial charge in [-0.25, -0.2) is 9.59 Å². The third kappa shape index (κ3) is 3.00. The van der Waals surface area contributed by atoms with Crippen LogP contribution in [0.2, 0.25) is 0 Å². The number of fused-ring (bicyclic) bond motifs is 1. The van der Waals surface area contributed by atoms with Crippen molar-refractivity contribution in [3.63, 3.8) is 0 Å². The fraction of sp³-hybridized carbons (Fsp3) is 0.133. The number of benzene rings is 1. The number of carbonyl (C=O) groups is 2. The normalized spacial score (nSPS) is 10.5. The van der Waals surface area contributed by atoms with Crippen molar-refractivity contribution in [3.05, 3.63) is 42.2 Å². The first-order chi connectivity index (χ1) is 11.1. The van der Waals surface area contributed by atoms with Crippen molar-refractivity contribution in [1.29, 1.82) is 0 Å². The van der Waals surface area contributed by atoms with Crippen LogP contribution in [-0.4, -0.2) is 33.9 Å². The zero-order valence-electron chi connectivity index (χ0n) is 12.6. The molecule has 3 N–H and O–H groups in total. The molecular formula is C15H15N5O3. The van der Waals surface area contributed by atoms with Gasteiger partial charge in [-0.15, -0.1) is 0 Å². The number of methoxy groups -OCH3 is 1. The number of ether oxygens (including phenoxy) is 1. The lowest BCUT2D eigenvalue weighted by atomic mass is 10.1. The molecule has 3 aromatic rings. The van der Waals surface area contributed by atoms with Gasteiger partial charge in [0.1, 0.15) is 0 Å². The molecule has 0 atom stereocenters. The van der Waals surface area contributed by atoms with E-state index in [4.69, 9.17) is 4.74 Å². The highest BCUT2D eigenvalue weighted by molar-refractivity contribution is 6.07. The Kier molecular flexibility index (Phi) is 3.71. The van der Waals surface area contributed by atoms with Crippen molar-refractivity contribution in [2.75, 3.05) is 17.7 Å². The lowest BCUT2D eigenvalue weighted by molar-refractivity contribution is 0.0603. The molecule has 0 fully saturated rings. The molecule has 8 heteroatoms. The van der Waals surface area contributed by atoms with Crippen LogP contribution in [0.5, 0.6) is 0 Å². The molecule has 3 rings (SSSR count). The van der Waals surface area contributed by atoms with Crippen LogP contribution >= 0.6 is 0 Å². The van der Waals surface area contributed by atoms with Gasteiger partial charge in [-0.1, -0.05) is 0 Å². The minimum Gasteiger partial charge on any atom is -0.465 e. The Balaban J connectivity index is 1.84. The van der Waals surface area contributed by atoms with E-state index >= 15 is 0 Å². The van der Waals surface area contributed by atoms with Crippen molar-refractivity contribution in [1.82, 2.24) is 14.8 Å². The number of anilines is 2. The van der Waals surface area contributed by atoms with Crippen LogP contribution in [0.4, 0.5) is 16.3 Å². The van der Waals surface area contributed by atoms with Gasteiger partial charge < -0.3 is 15.0 Å². The molecule has 0 saturated heterocycles. The quantitative estimate of drug-likeness (QED) is 0.646. The summed E-state index contributed by atoms with van der Waals surface area (Å²) in [6.45, 7) is 0. The van der Waals surface area contributed by atoms with Crippen LogP contribution in [0.1, 0.15) is 10.4 Å². The van der Waals surface area contributed by atoms with Crippen molar-refractivity contribution >= 4 is 34.4 Å². The molecule has 1 aromatic carbocycles. The fourth-order valence-electron chi connectivity index (χ4n) is 2.28. The summed E-state index contributed by atoms with van der Waals surface area (Å²) in [5.74, 6) is -0.0393. The lowest BCUT2D eigenvalue weighted by Crippen LogP contribution is -2.20. The standard InChI is InChI=1S/C15H15N5O3/c1-20-6-4-13(19-20)18-15(22)17-9-7-11(14(21)23-2)10-3-5-16-12(10)8-9/h3-8,16H,1-2H3,(H2,17,18,19,22). The highest BCUT2D eigenvalue weighted by Crippen LogP contribution is 2.24. The zero-order chi connectivity index (χ0) is 16.4. The van der Waals surface area contributed by atoms with E-state index in [2.05, 4.69) is 20.7 Å². The Labute approximate surface area is 131 Å². The van der Waals surface area contributed by atoms with Gasteiger partial charge in [-0.3, -0.25) is 10.00 Å². The predicted octanol–water partition coefficient (Wildman–Crippen LogP) is 2.33. The predicted molar refractivity (Wildman–Crippen MR) is 85.5 cm³/mol. The first-order valence-electron chi connectivity index (χ1n) is 6.84. The summed E-state index contributed by atoms with van der Waals surface area (Å²) >= 11 is 0. The Morgan fingerprint density at radius 2 is 2.09 bits per heavy atom. The Morgan fingerprint density at radius 1 is 1.26 bits per heavy atom. The molecule has 0 aliphatic rings. The first-order valence-corrected chi connectivity index (χ1v) is 6.84. The highest BCUT2D eigenvalue weighted by atomic mass is 16.5. The van der Waals surface area contributed by atoms with E-state index in [1.165, 1.54) is 7.11 Å². The summed E-state index contributed by atoms with van der Waals surface area (Å²) < 4.78 is 6.36. The van der Waals surface area contributed by atoms with E-state index in [1.807, 2.05) is 0 Å². The third-order valence-corrected chi connectivity index (χ3v) is 3.29. The SMILES string of the molecule is COC(=O)c1cc(NC(=O)Nc2ccn(C)n2)cc2[nH]ccc12. The van der Waals surface area contributed by atoms with Gasteiger partial charge in [0.25, 0.3) is 0 Å². The lowest BCUT2D eigenvalue weighted by Gasteiger charge is -2.08. The molecule has 8 nitrogen and oxygen atoms in total. The molecule has 0 unspecified atom stereocenters. The number of nitrogens with zero attached hydrogens (tertiary/aromatic N) is 2. The van der Waals surface area contributed by atoms with Gasteiger partial charge in [0.15, 0.2) is 5.82 Å². The summed E-state index contributed by atoms with van der Waals surface area (Å²) in [5, 5.41) is 10.1. The molecule has 2 aromatic heterocycles. The second-order valence-corrected chi connectivity index (χ2v) is 4.91. The largest absolute Gasteiger partial charge is 0.465 e. The maximum atomic E-state index is 12.0. The van der Waals surface area contributed by atoms with Gasteiger partial charge in [-0.2, -0.15) is 5.10 Å². The number of amides is 2. The van der Waals surface area contributed by atoms with Crippen molar-refractivity contribution in [2.24, 2.45) is 7.05 Å². The summed E-state index contributed by atoms with van der Waals surface area (Å²) in [5.41, 5.74) is 1.56. The van der Waals surface area contributed by atoms with Gasteiger partial charge >= 0.3 is 12.0 Å². The molecular weight excluding hydrogens is 298 g/mol. The number of esters is 1. The van der Waals surface area contributed by atoms with Crippen LogP contribution in [-0.2, 0) is 11.8 Å². The van der Waals surface area contributed by atoms with Crippen LogP contribution in [0, 0.1) is 0 Å². The van der Waals surface area contributed by atoms with E-state index in [0.29, 0.717) is 17.1 Å². The second kappa shape index (κ2) is 5.84. The monoisotopic (exact) mass is 313 g/mol. The summed E-state index contributed by atoms with van der Waals surface area (Å²) in [7, 11) is 3.07. The van der Waals surface area contributed by atoms with Crippen molar-refractivity contribution in [3.8, 4) is 0 Å². The van der Waals surface area contributed by atoms with Crippen LogP contribution in [0.25, 0.3) is 10.9 Å². The maximum absolute atomic E-state index is 12.0. The van der Waals surface area contributed by atoms with Crippen LogP contribution < -0.4 is 10.6 Å². The van der Waals surface area contributed by atoms with Crippen LogP contribution in [0.3, 0.4) is 0 Å². The zero-order valence-corrected chi connectivity index (χ0v) is 12.6.